The van der Waals surface area contributed by atoms with Gasteiger partial charge >= 0.3 is 6.18 Å². The molecular formula is C30H33F3N6O3. The molecule has 2 aliphatic rings. The van der Waals surface area contributed by atoms with Gasteiger partial charge in [0.25, 0.3) is 5.91 Å². The van der Waals surface area contributed by atoms with Crippen molar-refractivity contribution in [3.05, 3.63) is 71.0 Å². The zero-order chi connectivity index (χ0) is 29.9. The van der Waals surface area contributed by atoms with Gasteiger partial charge in [-0.1, -0.05) is 19.1 Å². The molecule has 12 heteroatoms. The summed E-state index contributed by atoms with van der Waals surface area (Å²) in [5.41, 5.74) is 0.353. The van der Waals surface area contributed by atoms with Crippen molar-refractivity contribution in [2.45, 2.75) is 39.4 Å². The molecule has 42 heavy (non-hydrogen) atoms. The maximum atomic E-state index is 14.0. The number of benzene rings is 2. The summed E-state index contributed by atoms with van der Waals surface area (Å²) in [5.74, 6) is 0.110. The molecule has 0 atom stereocenters. The molecule has 5 rings (SSSR count). The molecule has 0 unspecified atom stereocenters. The van der Waals surface area contributed by atoms with E-state index in [2.05, 4.69) is 32.4 Å². The van der Waals surface area contributed by atoms with Crippen LogP contribution in [0, 0.1) is 12.8 Å². The van der Waals surface area contributed by atoms with Gasteiger partial charge in [-0.05, 0) is 61.7 Å². The predicted molar refractivity (Wildman–Crippen MR) is 151 cm³/mol. The van der Waals surface area contributed by atoms with Crippen LogP contribution in [0.1, 0.15) is 46.8 Å². The first-order valence-electron chi connectivity index (χ1n) is 14.0. The lowest BCUT2D eigenvalue weighted by Crippen LogP contribution is -2.45. The summed E-state index contributed by atoms with van der Waals surface area (Å²) in [4.78, 5) is 37.5. The number of amides is 2. The number of aromatic nitrogens is 2. The van der Waals surface area contributed by atoms with Crippen LogP contribution in [0.5, 0.6) is 11.6 Å². The lowest BCUT2D eigenvalue weighted by atomic mass is 10.0. The van der Waals surface area contributed by atoms with Crippen LogP contribution in [0.15, 0.2) is 48.8 Å². The molecule has 0 spiro atoms. The van der Waals surface area contributed by atoms with Crippen molar-refractivity contribution in [1.82, 2.24) is 19.8 Å². The molecule has 1 aromatic heterocycles. The number of halogens is 3. The van der Waals surface area contributed by atoms with Crippen molar-refractivity contribution in [3.63, 3.8) is 0 Å². The third kappa shape index (κ3) is 7.42. The lowest BCUT2D eigenvalue weighted by molar-refractivity contribution is -0.138. The van der Waals surface area contributed by atoms with Gasteiger partial charge in [0, 0.05) is 56.0 Å². The van der Waals surface area contributed by atoms with Gasteiger partial charge < -0.3 is 20.3 Å². The molecule has 3 aromatic rings. The van der Waals surface area contributed by atoms with Gasteiger partial charge in [0.1, 0.15) is 17.9 Å². The van der Waals surface area contributed by atoms with Gasteiger partial charge in [0.2, 0.25) is 11.8 Å². The molecule has 2 fully saturated rings. The van der Waals surface area contributed by atoms with Crippen LogP contribution in [-0.4, -0.2) is 64.3 Å². The van der Waals surface area contributed by atoms with Crippen molar-refractivity contribution < 1.29 is 27.5 Å². The second kappa shape index (κ2) is 12.5. The second-order valence-electron chi connectivity index (χ2n) is 10.6. The highest BCUT2D eigenvalue weighted by molar-refractivity contribution is 6.04. The molecule has 1 aliphatic carbocycles. The van der Waals surface area contributed by atoms with E-state index in [9.17, 15) is 22.8 Å². The van der Waals surface area contributed by atoms with Gasteiger partial charge in [-0.2, -0.15) is 13.2 Å². The fraction of sp³-hybridized carbons (Fsp3) is 0.400. The Kier molecular flexibility index (Phi) is 8.74. The van der Waals surface area contributed by atoms with Crippen LogP contribution in [0.25, 0.3) is 0 Å². The van der Waals surface area contributed by atoms with E-state index in [1.807, 2.05) is 4.90 Å². The van der Waals surface area contributed by atoms with Gasteiger partial charge in [-0.15, -0.1) is 0 Å². The van der Waals surface area contributed by atoms with Crippen LogP contribution in [-0.2, 0) is 17.5 Å². The molecule has 1 saturated heterocycles. The summed E-state index contributed by atoms with van der Waals surface area (Å²) in [6.07, 6.45) is -1.60. The zero-order valence-corrected chi connectivity index (χ0v) is 23.5. The largest absolute Gasteiger partial charge is 0.439 e. The molecule has 2 heterocycles. The van der Waals surface area contributed by atoms with Crippen LogP contribution in [0.4, 0.5) is 24.7 Å². The average molecular weight is 583 g/mol. The number of aryl methyl sites for hydroxylation is 1. The number of piperazine rings is 1. The van der Waals surface area contributed by atoms with E-state index in [4.69, 9.17) is 4.74 Å². The SMILES string of the molecule is CCN1CCN(Cc2ccc(NC(=O)c3ccc(C)c(Oc4cc(NC(=O)C5CC5)ncn4)c3)cc2C(F)(F)F)CC1. The van der Waals surface area contributed by atoms with Crippen LogP contribution >= 0.6 is 0 Å². The maximum absolute atomic E-state index is 14.0. The highest BCUT2D eigenvalue weighted by Crippen LogP contribution is 2.35. The molecule has 9 nitrogen and oxygen atoms in total. The van der Waals surface area contributed by atoms with Gasteiger partial charge in [-0.25, -0.2) is 9.97 Å². The fourth-order valence-electron chi connectivity index (χ4n) is 4.77. The number of hydrogen-bond acceptors (Lipinski definition) is 7. The predicted octanol–water partition coefficient (Wildman–Crippen LogP) is 5.33. The molecular weight excluding hydrogens is 549 g/mol. The summed E-state index contributed by atoms with van der Waals surface area (Å²) in [5, 5.41) is 5.31. The highest BCUT2D eigenvalue weighted by Gasteiger charge is 2.34. The van der Waals surface area contributed by atoms with Crippen LogP contribution in [0.2, 0.25) is 0 Å². The number of rotatable bonds is 9. The number of likely N-dealkylation sites (N-methyl/N-ethyl adjacent to an activating group) is 1. The Labute approximate surface area is 242 Å². The minimum absolute atomic E-state index is 0.00639. The summed E-state index contributed by atoms with van der Waals surface area (Å²) in [7, 11) is 0. The Bertz CT molecular complexity index is 1450. The first kappa shape index (κ1) is 29.5. The minimum atomic E-state index is -4.57. The highest BCUT2D eigenvalue weighted by atomic mass is 19.4. The van der Waals surface area contributed by atoms with Crippen LogP contribution < -0.4 is 15.4 Å². The molecule has 1 saturated carbocycles. The number of carbonyl (C=O) groups excluding carboxylic acids is 2. The first-order valence-corrected chi connectivity index (χ1v) is 14.0. The van der Waals surface area contributed by atoms with Gasteiger partial charge in [-0.3, -0.25) is 14.5 Å². The molecule has 0 radical (unpaired) electrons. The Morgan fingerprint density at radius 2 is 1.71 bits per heavy atom. The summed E-state index contributed by atoms with van der Waals surface area (Å²) < 4.78 is 47.9. The Balaban J connectivity index is 1.28. The van der Waals surface area contributed by atoms with E-state index < -0.39 is 17.6 Å². The number of anilines is 2. The van der Waals surface area contributed by atoms with E-state index in [0.29, 0.717) is 30.2 Å². The van der Waals surface area contributed by atoms with Crippen molar-refractivity contribution in [2.24, 2.45) is 5.92 Å². The van der Waals surface area contributed by atoms with E-state index in [1.165, 1.54) is 30.6 Å². The lowest BCUT2D eigenvalue weighted by Gasteiger charge is -2.34. The Morgan fingerprint density at radius 1 is 0.976 bits per heavy atom. The summed E-state index contributed by atoms with van der Waals surface area (Å²) >= 11 is 0. The molecule has 2 amide bonds. The minimum Gasteiger partial charge on any atom is -0.439 e. The monoisotopic (exact) mass is 582 g/mol. The van der Waals surface area contributed by atoms with Crippen molar-refractivity contribution in [2.75, 3.05) is 43.4 Å². The molecule has 1 aliphatic heterocycles. The van der Waals surface area contributed by atoms with E-state index in [-0.39, 0.29) is 41.1 Å². The smallest absolute Gasteiger partial charge is 0.416 e. The van der Waals surface area contributed by atoms with Crippen LogP contribution in [0.3, 0.4) is 0 Å². The fourth-order valence-corrected chi connectivity index (χ4v) is 4.77. The van der Waals surface area contributed by atoms with E-state index in [1.54, 1.807) is 19.1 Å². The molecule has 2 aromatic carbocycles. The number of alkyl halides is 3. The molecule has 222 valence electrons. The second-order valence-corrected chi connectivity index (χ2v) is 10.6. The number of nitrogens with zero attached hydrogens (tertiary/aromatic N) is 4. The third-order valence-corrected chi connectivity index (χ3v) is 7.49. The van der Waals surface area contributed by atoms with Crippen molar-refractivity contribution in [1.29, 1.82) is 0 Å². The standard InChI is InChI=1S/C30H33F3N6O3/c1-3-38-10-12-39(13-11-38)17-22-8-9-23(15-24(22)30(31,32)33)36-29(41)21-5-4-19(2)25(14-21)42-27-16-26(34-18-35-27)37-28(40)20-6-7-20/h4-5,8-9,14-16,18,20H,3,6-7,10-13,17H2,1-2H3,(H,36,41)(H,34,35,37,40). The first-order chi connectivity index (χ1) is 20.1. The third-order valence-electron chi connectivity index (χ3n) is 7.49. The number of nitrogens with one attached hydrogen (secondary N) is 2. The average Bonchev–Trinajstić information content (AvgIpc) is 3.81. The summed E-state index contributed by atoms with van der Waals surface area (Å²) in [6, 6.07) is 10.1. The Hall–Kier alpha value is -4.03. The van der Waals surface area contributed by atoms with E-state index in [0.717, 1.165) is 38.5 Å². The number of carbonyl (C=O) groups is 2. The van der Waals surface area contributed by atoms with Crippen molar-refractivity contribution >= 4 is 23.3 Å². The van der Waals surface area contributed by atoms with Gasteiger partial charge in [0.05, 0.1) is 5.56 Å². The number of ether oxygens (including phenoxy) is 1. The summed E-state index contributed by atoms with van der Waals surface area (Å²) in [6.45, 7) is 8.01. The van der Waals surface area contributed by atoms with E-state index >= 15 is 0 Å². The quantitative estimate of drug-likeness (QED) is 0.352. The normalized spacial score (nSPS) is 16.2. The zero-order valence-electron chi connectivity index (χ0n) is 23.5. The van der Waals surface area contributed by atoms with Crippen molar-refractivity contribution in [3.8, 4) is 11.6 Å². The van der Waals surface area contributed by atoms with Gasteiger partial charge in [0.15, 0.2) is 0 Å². The number of hydrogen-bond donors (Lipinski definition) is 2. The topological polar surface area (TPSA) is 99.7 Å². The maximum Gasteiger partial charge on any atom is 0.416 e. The molecule has 2 N–H and O–H groups in total. The Morgan fingerprint density at radius 3 is 2.40 bits per heavy atom. The molecule has 0 bridgehead atoms.